The first-order valence-electron chi connectivity index (χ1n) is 9.11. The van der Waals surface area contributed by atoms with Gasteiger partial charge in [0.1, 0.15) is 11.5 Å². The van der Waals surface area contributed by atoms with Crippen LogP contribution in [0.3, 0.4) is 0 Å². The molecule has 0 saturated heterocycles. The van der Waals surface area contributed by atoms with Crippen LogP contribution in [0.4, 0.5) is 17.6 Å². The maximum atomic E-state index is 14.5. The summed E-state index contributed by atoms with van der Waals surface area (Å²) in [5, 5.41) is 0. The van der Waals surface area contributed by atoms with Crippen LogP contribution in [-0.2, 0) is 6.18 Å². The third-order valence-electron chi connectivity index (χ3n) is 4.74. The number of alkyl halides is 3. The SMILES string of the molecule is O=c1c(-c2ccccc2)c(-c2ccccc2)cc(C(F)(F)F)n1-c1ccccc1F. The second-order valence-electron chi connectivity index (χ2n) is 6.64. The van der Waals surface area contributed by atoms with Gasteiger partial charge in [-0.2, -0.15) is 13.2 Å². The Kier molecular flexibility index (Phi) is 4.99. The van der Waals surface area contributed by atoms with Crippen molar-refractivity contribution < 1.29 is 17.6 Å². The average Bonchev–Trinajstić information content (AvgIpc) is 2.74. The third-order valence-corrected chi connectivity index (χ3v) is 4.74. The lowest BCUT2D eigenvalue weighted by Crippen LogP contribution is -2.29. The van der Waals surface area contributed by atoms with Crippen molar-refractivity contribution in [1.82, 2.24) is 4.57 Å². The first kappa shape index (κ1) is 19.6. The molecule has 0 amide bonds. The van der Waals surface area contributed by atoms with Crippen LogP contribution in [0, 0.1) is 5.82 Å². The van der Waals surface area contributed by atoms with Crippen molar-refractivity contribution in [2.45, 2.75) is 6.18 Å². The zero-order valence-electron chi connectivity index (χ0n) is 15.5. The highest BCUT2D eigenvalue weighted by atomic mass is 19.4. The number of halogens is 4. The largest absolute Gasteiger partial charge is 0.431 e. The molecule has 0 fully saturated rings. The number of benzene rings is 3. The Balaban J connectivity index is 2.18. The minimum Gasteiger partial charge on any atom is -0.269 e. The number of aromatic nitrogens is 1. The molecule has 0 saturated carbocycles. The lowest BCUT2D eigenvalue weighted by atomic mass is 9.94. The van der Waals surface area contributed by atoms with E-state index in [1.165, 1.54) is 12.1 Å². The molecule has 0 unspecified atom stereocenters. The molecule has 1 heterocycles. The van der Waals surface area contributed by atoms with Crippen molar-refractivity contribution >= 4 is 0 Å². The van der Waals surface area contributed by atoms with Crippen molar-refractivity contribution in [3.63, 3.8) is 0 Å². The Morgan fingerprint density at radius 3 is 1.80 bits per heavy atom. The number of pyridine rings is 1. The summed E-state index contributed by atoms with van der Waals surface area (Å²) in [5.74, 6) is -0.920. The lowest BCUT2D eigenvalue weighted by molar-refractivity contribution is -0.142. The van der Waals surface area contributed by atoms with Gasteiger partial charge in [0.05, 0.1) is 11.3 Å². The van der Waals surface area contributed by atoms with Gasteiger partial charge in [0.2, 0.25) is 0 Å². The van der Waals surface area contributed by atoms with Gasteiger partial charge in [-0.15, -0.1) is 0 Å². The molecular formula is C24H15F4NO. The quantitative estimate of drug-likeness (QED) is 0.363. The minimum atomic E-state index is -4.87. The van der Waals surface area contributed by atoms with Gasteiger partial charge < -0.3 is 0 Å². The molecule has 0 N–H and O–H groups in total. The van der Waals surface area contributed by atoms with E-state index in [2.05, 4.69) is 0 Å². The number of nitrogens with zero attached hydrogens (tertiary/aromatic N) is 1. The minimum absolute atomic E-state index is 0.0676. The highest BCUT2D eigenvalue weighted by Gasteiger charge is 2.37. The Labute approximate surface area is 169 Å². The number of hydrogen-bond acceptors (Lipinski definition) is 1. The van der Waals surface area contributed by atoms with Crippen molar-refractivity contribution in [1.29, 1.82) is 0 Å². The first-order chi connectivity index (χ1) is 14.4. The van der Waals surface area contributed by atoms with E-state index in [9.17, 15) is 22.4 Å². The van der Waals surface area contributed by atoms with Gasteiger partial charge >= 0.3 is 6.18 Å². The summed E-state index contributed by atoms with van der Waals surface area (Å²) in [4.78, 5) is 13.5. The van der Waals surface area contributed by atoms with E-state index in [0.29, 0.717) is 15.7 Å². The zero-order chi connectivity index (χ0) is 21.3. The molecule has 4 rings (SSSR count). The van der Waals surface area contributed by atoms with Gasteiger partial charge in [0.15, 0.2) is 0 Å². The highest BCUT2D eigenvalue weighted by Crippen LogP contribution is 2.37. The van der Waals surface area contributed by atoms with E-state index in [0.717, 1.165) is 18.2 Å². The van der Waals surface area contributed by atoms with Gasteiger partial charge in [0.25, 0.3) is 5.56 Å². The van der Waals surface area contributed by atoms with Gasteiger partial charge in [-0.05, 0) is 34.9 Å². The monoisotopic (exact) mass is 409 g/mol. The van der Waals surface area contributed by atoms with Crippen LogP contribution in [-0.4, -0.2) is 4.57 Å². The smallest absolute Gasteiger partial charge is 0.269 e. The van der Waals surface area contributed by atoms with E-state index < -0.39 is 28.9 Å². The number of hydrogen-bond donors (Lipinski definition) is 0. The lowest BCUT2D eigenvalue weighted by Gasteiger charge is -2.20. The maximum absolute atomic E-state index is 14.5. The summed E-state index contributed by atoms with van der Waals surface area (Å²) in [6.45, 7) is 0. The summed E-state index contributed by atoms with van der Waals surface area (Å²) in [5.41, 5.74) is -1.53. The average molecular weight is 409 g/mol. The second kappa shape index (κ2) is 7.63. The second-order valence-corrected chi connectivity index (χ2v) is 6.64. The normalized spacial score (nSPS) is 11.5. The molecule has 1 aromatic heterocycles. The van der Waals surface area contributed by atoms with Crippen LogP contribution in [0.25, 0.3) is 27.9 Å². The van der Waals surface area contributed by atoms with E-state index in [1.807, 2.05) is 0 Å². The van der Waals surface area contributed by atoms with Crippen LogP contribution < -0.4 is 5.56 Å². The molecule has 0 aliphatic heterocycles. The molecule has 0 spiro atoms. The molecule has 2 nitrogen and oxygen atoms in total. The van der Waals surface area contributed by atoms with Gasteiger partial charge in [-0.25, -0.2) is 4.39 Å². The predicted octanol–water partition coefficient (Wildman–Crippen LogP) is 6.33. The van der Waals surface area contributed by atoms with E-state index >= 15 is 0 Å². The third kappa shape index (κ3) is 3.52. The van der Waals surface area contributed by atoms with Crippen LogP contribution in [0.15, 0.2) is 95.8 Å². The molecule has 150 valence electrons. The van der Waals surface area contributed by atoms with Crippen LogP contribution in [0.1, 0.15) is 5.69 Å². The molecule has 0 aliphatic carbocycles. The Hall–Kier alpha value is -3.67. The van der Waals surface area contributed by atoms with Crippen LogP contribution in [0.5, 0.6) is 0 Å². The van der Waals surface area contributed by atoms with Crippen molar-refractivity contribution in [2.24, 2.45) is 0 Å². The molecule has 0 aliphatic rings. The summed E-state index contributed by atoms with van der Waals surface area (Å²) < 4.78 is 56.8. The number of rotatable bonds is 3. The summed E-state index contributed by atoms with van der Waals surface area (Å²) in [6.07, 6.45) is -4.87. The highest BCUT2D eigenvalue weighted by molar-refractivity contribution is 5.83. The van der Waals surface area contributed by atoms with E-state index in [4.69, 9.17) is 0 Å². The molecule has 0 radical (unpaired) electrons. The Morgan fingerprint density at radius 2 is 1.23 bits per heavy atom. The molecule has 0 bridgehead atoms. The molecule has 3 aromatic carbocycles. The Bertz CT molecular complexity index is 1250. The zero-order valence-corrected chi connectivity index (χ0v) is 15.5. The maximum Gasteiger partial charge on any atom is 0.431 e. The first-order valence-corrected chi connectivity index (χ1v) is 9.11. The summed E-state index contributed by atoms with van der Waals surface area (Å²) in [7, 11) is 0. The molecular weight excluding hydrogens is 394 g/mol. The van der Waals surface area contributed by atoms with Gasteiger partial charge in [-0.3, -0.25) is 9.36 Å². The summed E-state index contributed by atoms with van der Waals surface area (Å²) in [6, 6.07) is 22.6. The summed E-state index contributed by atoms with van der Waals surface area (Å²) >= 11 is 0. The molecule has 0 atom stereocenters. The molecule has 4 aromatic rings. The topological polar surface area (TPSA) is 22.0 Å². The van der Waals surface area contributed by atoms with Crippen molar-refractivity contribution in [2.75, 3.05) is 0 Å². The van der Waals surface area contributed by atoms with Gasteiger partial charge in [-0.1, -0.05) is 72.8 Å². The Morgan fingerprint density at radius 1 is 0.700 bits per heavy atom. The standard InChI is InChI=1S/C24H15F4NO/c25-19-13-7-8-14-20(19)29-21(24(26,27)28)15-18(16-9-3-1-4-10-16)22(23(29)30)17-11-5-2-6-12-17/h1-15H. The van der Waals surface area contributed by atoms with E-state index in [1.54, 1.807) is 60.7 Å². The molecule has 30 heavy (non-hydrogen) atoms. The fraction of sp³-hybridized carbons (Fsp3) is 0.0417. The van der Waals surface area contributed by atoms with Crippen molar-refractivity contribution in [3.05, 3.63) is 113 Å². The van der Waals surface area contributed by atoms with Gasteiger partial charge in [0, 0.05) is 0 Å². The van der Waals surface area contributed by atoms with E-state index in [-0.39, 0.29) is 11.1 Å². The van der Waals surface area contributed by atoms with Crippen LogP contribution in [0.2, 0.25) is 0 Å². The fourth-order valence-electron chi connectivity index (χ4n) is 3.42. The fourth-order valence-corrected chi connectivity index (χ4v) is 3.42. The predicted molar refractivity (Wildman–Crippen MR) is 108 cm³/mol. The number of para-hydroxylation sites is 1. The molecule has 6 heteroatoms. The van der Waals surface area contributed by atoms with Crippen LogP contribution >= 0.6 is 0 Å². The van der Waals surface area contributed by atoms with Crippen molar-refractivity contribution in [3.8, 4) is 27.9 Å².